The van der Waals surface area contributed by atoms with Crippen molar-refractivity contribution in [2.24, 2.45) is 35.3 Å². The Balaban J connectivity index is 2.57. The molecule has 1 fully saturated rings. The molecule has 0 aromatic carbocycles. The summed E-state index contributed by atoms with van der Waals surface area (Å²) in [6, 6.07) is 0. The first kappa shape index (κ1) is 12.0. The first-order valence-electron chi connectivity index (χ1n) is 6.26. The van der Waals surface area contributed by atoms with Gasteiger partial charge in [-0.3, -0.25) is 0 Å². The van der Waals surface area contributed by atoms with E-state index in [1.54, 1.807) is 0 Å². The first-order chi connectivity index (χ1) is 6.56. The van der Waals surface area contributed by atoms with Crippen molar-refractivity contribution in [3.05, 3.63) is 0 Å². The average Bonchev–Trinajstić information content (AvgIpc) is 2.16. The Kier molecular flexibility index (Phi) is 4.43. The van der Waals surface area contributed by atoms with Crippen LogP contribution in [0.1, 0.15) is 47.0 Å². The molecule has 0 radical (unpaired) electrons. The summed E-state index contributed by atoms with van der Waals surface area (Å²) in [4.78, 5) is 0. The fraction of sp³-hybridized carbons (Fsp3) is 1.00. The summed E-state index contributed by atoms with van der Waals surface area (Å²) in [7, 11) is 0. The van der Waals surface area contributed by atoms with E-state index < -0.39 is 0 Å². The van der Waals surface area contributed by atoms with E-state index in [9.17, 15) is 0 Å². The molecule has 0 heterocycles. The zero-order valence-electron chi connectivity index (χ0n) is 10.3. The van der Waals surface area contributed by atoms with Crippen LogP contribution in [0.25, 0.3) is 0 Å². The second-order valence-electron chi connectivity index (χ2n) is 5.72. The van der Waals surface area contributed by atoms with Crippen LogP contribution in [-0.2, 0) is 0 Å². The van der Waals surface area contributed by atoms with E-state index in [2.05, 4.69) is 27.7 Å². The van der Waals surface area contributed by atoms with Crippen LogP contribution in [0.5, 0.6) is 0 Å². The van der Waals surface area contributed by atoms with Gasteiger partial charge in [0.25, 0.3) is 0 Å². The maximum Gasteiger partial charge on any atom is -0.00461 e. The summed E-state index contributed by atoms with van der Waals surface area (Å²) in [5.41, 5.74) is 5.85. The summed E-state index contributed by atoms with van der Waals surface area (Å²) in [5.74, 6) is 4.29. The lowest BCUT2D eigenvalue weighted by molar-refractivity contribution is 0.116. The molecule has 1 saturated carbocycles. The lowest BCUT2D eigenvalue weighted by Gasteiger charge is -2.39. The Morgan fingerprint density at radius 1 is 1.07 bits per heavy atom. The molecule has 3 atom stereocenters. The van der Waals surface area contributed by atoms with Crippen molar-refractivity contribution in [3.63, 3.8) is 0 Å². The topological polar surface area (TPSA) is 26.0 Å². The van der Waals surface area contributed by atoms with E-state index in [1.165, 1.54) is 19.3 Å². The second-order valence-corrected chi connectivity index (χ2v) is 5.72. The lowest BCUT2D eigenvalue weighted by atomic mass is 9.67. The first-order valence-corrected chi connectivity index (χ1v) is 6.26. The molecule has 1 nitrogen and oxygen atoms in total. The maximum atomic E-state index is 5.85. The van der Waals surface area contributed by atoms with E-state index in [0.29, 0.717) is 0 Å². The summed E-state index contributed by atoms with van der Waals surface area (Å²) in [6.45, 7) is 10.3. The highest BCUT2D eigenvalue weighted by molar-refractivity contribution is 4.83. The quantitative estimate of drug-likeness (QED) is 0.738. The molecule has 1 rings (SSSR count). The van der Waals surface area contributed by atoms with Crippen LogP contribution in [0.4, 0.5) is 0 Å². The van der Waals surface area contributed by atoms with E-state index in [1.807, 2.05) is 0 Å². The van der Waals surface area contributed by atoms with Gasteiger partial charge in [-0.15, -0.1) is 0 Å². The van der Waals surface area contributed by atoms with Crippen molar-refractivity contribution >= 4 is 0 Å². The molecule has 1 heteroatoms. The second kappa shape index (κ2) is 5.16. The zero-order chi connectivity index (χ0) is 10.7. The van der Waals surface area contributed by atoms with Gasteiger partial charge in [-0.2, -0.15) is 0 Å². The monoisotopic (exact) mass is 197 g/mol. The van der Waals surface area contributed by atoms with Gasteiger partial charge < -0.3 is 5.73 Å². The standard InChI is InChI=1S/C13H27N/c1-9(2)11-5-6-12(8-14)13(7-11)10(3)4/h9-13H,5-8,14H2,1-4H3. The molecular weight excluding hydrogens is 170 g/mol. The van der Waals surface area contributed by atoms with Crippen molar-refractivity contribution in [1.82, 2.24) is 0 Å². The van der Waals surface area contributed by atoms with Gasteiger partial charge in [-0.05, 0) is 55.4 Å². The van der Waals surface area contributed by atoms with E-state index >= 15 is 0 Å². The minimum absolute atomic E-state index is 0.796. The Morgan fingerprint density at radius 3 is 2.14 bits per heavy atom. The predicted molar refractivity (Wildman–Crippen MR) is 63.1 cm³/mol. The van der Waals surface area contributed by atoms with Crippen LogP contribution in [0, 0.1) is 29.6 Å². The van der Waals surface area contributed by atoms with Crippen molar-refractivity contribution in [1.29, 1.82) is 0 Å². The predicted octanol–water partition coefficient (Wildman–Crippen LogP) is 3.29. The van der Waals surface area contributed by atoms with Gasteiger partial charge in [0.05, 0.1) is 0 Å². The summed E-state index contributed by atoms with van der Waals surface area (Å²) < 4.78 is 0. The molecule has 0 amide bonds. The average molecular weight is 197 g/mol. The molecule has 14 heavy (non-hydrogen) atoms. The van der Waals surface area contributed by atoms with Crippen LogP contribution in [0.3, 0.4) is 0 Å². The van der Waals surface area contributed by atoms with Crippen molar-refractivity contribution in [2.45, 2.75) is 47.0 Å². The van der Waals surface area contributed by atoms with Gasteiger partial charge in [-0.1, -0.05) is 27.7 Å². The highest BCUT2D eigenvalue weighted by Gasteiger charge is 2.32. The lowest BCUT2D eigenvalue weighted by Crippen LogP contribution is -2.34. The molecule has 1 aliphatic carbocycles. The summed E-state index contributed by atoms with van der Waals surface area (Å²) >= 11 is 0. The van der Waals surface area contributed by atoms with Crippen molar-refractivity contribution in [3.8, 4) is 0 Å². The van der Waals surface area contributed by atoms with Gasteiger partial charge in [-0.25, -0.2) is 0 Å². The van der Waals surface area contributed by atoms with Crippen LogP contribution in [0.2, 0.25) is 0 Å². The van der Waals surface area contributed by atoms with E-state index in [0.717, 1.165) is 36.1 Å². The zero-order valence-corrected chi connectivity index (χ0v) is 10.3. The number of rotatable bonds is 3. The molecule has 0 aromatic rings. The van der Waals surface area contributed by atoms with Crippen LogP contribution in [-0.4, -0.2) is 6.54 Å². The molecule has 0 aliphatic heterocycles. The Labute approximate surface area is 89.5 Å². The van der Waals surface area contributed by atoms with Gasteiger partial charge in [0.2, 0.25) is 0 Å². The SMILES string of the molecule is CC(C)C1CCC(CN)C(C(C)C)C1. The molecule has 2 N–H and O–H groups in total. The normalized spacial score (nSPS) is 34.1. The molecular formula is C13H27N. The van der Waals surface area contributed by atoms with E-state index in [4.69, 9.17) is 5.73 Å². The summed E-state index contributed by atoms with van der Waals surface area (Å²) in [5, 5.41) is 0. The number of hydrogen-bond acceptors (Lipinski definition) is 1. The van der Waals surface area contributed by atoms with Crippen LogP contribution in [0.15, 0.2) is 0 Å². The maximum absolute atomic E-state index is 5.85. The van der Waals surface area contributed by atoms with Gasteiger partial charge >= 0.3 is 0 Å². The van der Waals surface area contributed by atoms with Crippen molar-refractivity contribution < 1.29 is 0 Å². The fourth-order valence-corrected chi connectivity index (χ4v) is 3.02. The molecule has 84 valence electrons. The smallest absolute Gasteiger partial charge is 0.00461 e. The minimum atomic E-state index is 0.796. The third-order valence-electron chi connectivity index (χ3n) is 4.19. The van der Waals surface area contributed by atoms with Gasteiger partial charge in [0.15, 0.2) is 0 Å². The highest BCUT2D eigenvalue weighted by Crippen LogP contribution is 2.40. The third kappa shape index (κ3) is 2.73. The minimum Gasteiger partial charge on any atom is -0.330 e. The molecule has 3 unspecified atom stereocenters. The van der Waals surface area contributed by atoms with Crippen molar-refractivity contribution in [2.75, 3.05) is 6.54 Å². The van der Waals surface area contributed by atoms with E-state index in [-0.39, 0.29) is 0 Å². The summed E-state index contributed by atoms with van der Waals surface area (Å²) in [6.07, 6.45) is 4.18. The highest BCUT2D eigenvalue weighted by atomic mass is 14.6. The number of hydrogen-bond donors (Lipinski definition) is 1. The largest absolute Gasteiger partial charge is 0.330 e. The fourth-order valence-electron chi connectivity index (χ4n) is 3.02. The Hall–Kier alpha value is -0.0400. The third-order valence-corrected chi connectivity index (χ3v) is 4.19. The van der Waals surface area contributed by atoms with Gasteiger partial charge in [0, 0.05) is 0 Å². The van der Waals surface area contributed by atoms with Gasteiger partial charge in [0.1, 0.15) is 0 Å². The van der Waals surface area contributed by atoms with Crippen LogP contribution >= 0.6 is 0 Å². The molecule has 0 bridgehead atoms. The Bertz CT molecular complexity index is 163. The number of nitrogens with two attached hydrogens (primary N) is 1. The molecule has 0 aromatic heterocycles. The molecule has 0 saturated heterocycles. The molecule has 1 aliphatic rings. The van der Waals surface area contributed by atoms with Crippen LogP contribution < -0.4 is 5.73 Å². The Morgan fingerprint density at radius 2 is 1.71 bits per heavy atom. The molecule has 0 spiro atoms.